The van der Waals surface area contributed by atoms with E-state index < -0.39 is 10.0 Å². The topological polar surface area (TPSA) is 95.6 Å². The van der Waals surface area contributed by atoms with Gasteiger partial charge < -0.3 is 10.6 Å². The van der Waals surface area contributed by atoms with Gasteiger partial charge in [-0.3, -0.25) is 9.59 Å². The summed E-state index contributed by atoms with van der Waals surface area (Å²) >= 11 is 0. The Morgan fingerprint density at radius 2 is 1.68 bits per heavy atom. The van der Waals surface area contributed by atoms with Crippen molar-refractivity contribution in [3.8, 4) is 0 Å². The number of hydrogen-bond donors (Lipinski definition) is 2. The molecule has 0 radical (unpaired) electrons. The molecule has 6 rings (SSSR count). The highest BCUT2D eigenvalue weighted by atomic mass is 32.2. The monoisotopic (exact) mass is 485 g/mol. The molecule has 8 heteroatoms. The Morgan fingerprint density at radius 1 is 1.06 bits per heavy atom. The first-order valence-corrected chi connectivity index (χ1v) is 14.0. The molecule has 1 aromatic rings. The second-order valence-electron chi connectivity index (χ2n) is 11.0. The van der Waals surface area contributed by atoms with E-state index in [1.54, 1.807) is 12.1 Å². The number of rotatable bonds is 7. The number of carbonyl (C=O) groups is 2. The summed E-state index contributed by atoms with van der Waals surface area (Å²) in [5, 5.41) is 5.95. The normalized spacial score (nSPS) is 32.8. The Labute approximate surface area is 202 Å². The van der Waals surface area contributed by atoms with Crippen molar-refractivity contribution in [1.82, 2.24) is 14.9 Å². The smallest absolute Gasteiger partial charge is 0.251 e. The summed E-state index contributed by atoms with van der Waals surface area (Å²) in [6.07, 6.45) is 10.4. The van der Waals surface area contributed by atoms with Crippen LogP contribution in [0.15, 0.2) is 41.8 Å². The Bertz CT molecular complexity index is 1030. The zero-order valence-electron chi connectivity index (χ0n) is 19.7. The third kappa shape index (κ3) is 4.67. The second kappa shape index (κ2) is 9.11. The van der Waals surface area contributed by atoms with Gasteiger partial charge in [0.2, 0.25) is 15.9 Å². The lowest BCUT2D eigenvalue weighted by molar-refractivity contribution is -0.117. The molecule has 2 N–H and O–H groups in total. The fourth-order valence-electron chi connectivity index (χ4n) is 7.34. The summed E-state index contributed by atoms with van der Waals surface area (Å²) in [6.45, 7) is 4.81. The van der Waals surface area contributed by atoms with Crippen molar-refractivity contribution < 1.29 is 18.0 Å². The summed E-state index contributed by atoms with van der Waals surface area (Å²) in [5.74, 6) is 2.09. The molecule has 1 saturated heterocycles. The molecule has 5 aliphatic rings. The van der Waals surface area contributed by atoms with Crippen LogP contribution in [0.25, 0.3) is 0 Å². The minimum atomic E-state index is -3.70. The Balaban J connectivity index is 1.20. The fraction of sp³-hybridized carbons (Fsp3) is 0.615. The van der Waals surface area contributed by atoms with Crippen molar-refractivity contribution in [3.05, 3.63) is 42.5 Å². The largest absolute Gasteiger partial charge is 0.351 e. The molecule has 1 aliphatic heterocycles. The van der Waals surface area contributed by atoms with Crippen molar-refractivity contribution in [1.29, 1.82) is 0 Å². The van der Waals surface area contributed by atoms with Gasteiger partial charge in [0.15, 0.2) is 0 Å². The molecule has 4 aliphatic carbocycles. The molecular formula is C26H35N3O4S. The molecule has 1 aromatic carbocycles. The molecule has 0 unspecified atom stereocenters. The fourth-order valence-corrected chi connectivity index (χ4v) is 8.87. The molecule has 4 bridgehead atoms. The Kier molecular flexibility index (Phi) is 6.31. The van der Waals surface area contributed by atoms with Crippen LogP contribution in [0.4, 0.5) is 0 Å². The van der Waals surface area contributed by atoms with E-state index in [1.807, 2.05) is 0 Å². The van der Waals surface area contributed by atoms with Gasteiger partial charge in [-0.05, 0) is 105 Å². The minimum absolute atomic E-state index is 0.134. The van der Waals surface area contributed by atoms with Crippen LogP contribution < -0.4 is 10.6 Å². The first kappa shape index (κ1) is 23.5. The molecule has 184 valence electrons. The maximum absolute atomic E-state index is 13.1. The van der Waals surface area contributed by atoms with Crippen LogP contribution in [0.1, 0.15) is 61.7 Å². The third-order valence-electron chi connectivity index (χ3n) is 8.46. The summed E-state index contributed by atoms with van der Waals surface area (Å²) in [5.41, 5.74) is 0.748. The number of amides is 2. The van der Waals surface area contributed by atoms with Crippen molar-refractivity contribution >= 4 is 21.8 Å². The van der Waals surface area contributed by atoms with Crippen molar-refractivity contribution in [2.45, 2.75) is 62.3 Å². The number of piperidine rings is 1. The maximum atomic E-state index is 13.1. The lowest BCUT2D eigenvalue weighted by atomic mass is 9.49. The summed E-state index contributed by atoms with van der Waals surface area (Å²) in [7, 11) is -3.70. The highest BCUT2D eigenvalue weighted by molar-refractivity contribution is 7.89. The van der Waals surface area contributed by atoms with Gasteiger partial charge in [0, 0.05) is 31.2 Å². The predicted molar refractivity (Wildman–Crippen MR) is 130 cm³/mol. The number of nitrogens with zero attached hydrogens (tertiary/aromatic N) is 1. The highest BCUT2D eigenvalue weighted by Crippen LogP contribution is 2.59. The molecule has 7 nitrogen and oxygen atoms in total. The molecular weight excluding hydrogens is 450 g/mol. The van der Waals surface area contributed by atoms with E-state index in [1.165, 1.54) is 61.0 Å². The van der Waals surface area contributed by atoms with Crippen LogP contribution >= 0.6 is 0 Å². The zero-order chi connectivity index (χ0) is 23.9. The SMILES string of the molecule is C=CC(=O)N[C@H]1CCCN(S(=O)(=O)c2ccc(C(=O)NCC34CC5CC(CC(C5)C3)C4)cc2)C1. The zero-order valence-corrected chi connectivity index (χ0v) is 20.5. The van der Waals surface area contributed by atoms with Gasteiger partial charge in [-0.15, -0.1) is 0 Å². The quantitative estimate of drug-likeness (QED) is 0.580. The van der Waals surface area contributed by atoms with E-state index in [0.29, 0.717) is 18.5 Å². The van der Waals surface area contributed by atoms with E-state index in [-0.39, 0.29) is 34.7 Å². The maximum Gasteiger partial charge on any atom is 0.251 e. The first-order valence-electron chi connectivity index (χ1n) is 12.6. The van der Waals surface area contributed by atoms with E-state index in [9.17, 15) is 18.0 Å². The van der Waals surface area contributed by atoms with Crippen LogP contribution in [-0.4, -0.2) is 50.2 Å². The lowest BCUT2D eigenvalue weighted by Gasteiger charge is -2.56. The number of carbonyl (C=O) groups excluding carboxylic acids is 2. The molecule has 4 saturated carbocycles. The molecule has 1 heterocycles. The van der Waals surface area contributed by atoms with E-state index in [4.69, 9.17) is 0 Å². The lowest BCUT2D eigenvalue weighted by Crippen LogP contribution is -2.51. The summed E-state index contributed by atoms with van der Waals surface area (Å²) in [6, 6.07) is 6.00. The average Bonchev–Trinajstić information content (AvgIpc) is 2.82. The van der Waals surface area contributed by atoms with Crippen LogP contribution in [0, 0.1) is 23.2 Å². The molecule has 5 fully saturated rings. The number of hydrogen-bond acceptors (Lipinski definition) is 4. The van der Waals surface area contributed by atoms with Crippen LogP contribution in [-0.2, 0) is 14.8 Å². The minimum Gasteiger partial charge on any atom is -0.351 e. The van der Waals surface area contributed by atoms with E-state index in [0.717, 1.165) is 30.7 Å². The van der Waals surface area contributed by atoms with Crippen molar-refractivity contribution in [3.63, 3.8) is 0 Å². The molecule has 0 spiro atoms. The van der Waals surface area contributed by atoms with Gasteiger partial charge in [0.05, 0.1) is 4.90 Å². The van der Waals surface area contributed by atoms with Gasteiger partial charge in [0.25, 0.3) is 5.91 Å². The predicted octanol–water partition coefficient (Wildman–Crippen LogP) is 3.09. The van der Waals surface area contributed by atoms with Gasteiger partial charge >= 0.3 is 0 Å². The third-order valence-corrected chi connectivity index (χ3v) is 10.3. The van der Waals surface area contributed by atoms with Crippen molar-refractivity contribution in [2.24, 2.45) is 23.2 Å². The second-order valence-corrected chi connectivity index (χ2v) is 13.0. The average molecular weight is 486 g/mol. The highest BCUT2D eigenvalue weighted by Gasteiger charge is 2.50. The van der Waals surface area contributed by atoms with E-state index in [2.05, 4.69) is 17.2 Å². The summed E-state index contributed by atoms with van der Waals surface area (Å²) < 4.78 is 27.7. The van der Waals surface area contributed by atoms with Gasteiger partial charge in [-0.1, -0.05) is 6.58 Å². The molecule has 1 atom stereocenters. The number of sulfonamides is 1. The molecule has 34 heavy (non-hydrogen) atoms. The van der Waals surface area contributed by atoms with Gasteiger partial charge in [-0.25, -0.2) is 8.42 Å². The van der Waals surface area contributed by atoms with Crippen molar-refractivity contribution in [2.75, 3.05) is 19.6 Å². The van der Waals surface area contributed by atoms with Gasteiger partial charge in [0.1, 0.15) is 0 Å². The number of benzene rings is 1. The van der Waals surface area contributed by atoms with Crippen LogP contribution in [0.5, 0.6) is 0 Å². The van der Waals surface area contributed by atoms with Crippen LogP contribution in [0.2, 0.25) is 0 Å². The summed E-state index contributed by atoms with van der Waals surface area (Å²) in [4.78, 5) is 24.6. The van der Waals surface area contributed by atoms with E-state index >= 15 is 0 Å². The van der Waals surface area contributed by atoms with Crippen LogP contribution in [0.3, 0.4) is 0 Å². The molecule has 2 amide bonds. The molecule has 0 aromatic heterocycles. The Morgan fingerprint density at radius 3 is 2.26 bits per heavy atom. The first-order chi connectivity index (χ1) is 16.3. The Hall–Kier alpha value is -2.19. The van der Waals surface area contributed by atoms with Gasteiger partial charge in [-0.2, -0.15) is 4.31 Å². The number of nitrogens with one attached hydrogen (secondary N) is 2. The standard InChI is InChI=1S/C26H35N3O4S/c1-2-24(30)28-22-4-3-9-29(16-22)34(32,33)23-7-5-21(6-8-23)25(31)27-17-26-13-18-10-19(14-26)12-20(11-18)15-26/h2,5-8,18-20,22H,1,3-4,9-17H2,(H,27,31)(H,28,30)/t18?,19?,20?,22-,26?/m0/s1.